The Morgan fingerprint density at radius 3 is 1.82 bits per heavy atom. The van der Waals surface area contributed by atoms with Gasteiger partial charge in [-0.1, -0.05) is 0 Å². The average molecular weight is 1140 g/mol. The number of hydrogen-bond donors (Lipinski definition) is 0. The van der Waals surface area contributed by atoms with E-state index < -0.39 is 20.4 Å². The molecule has 0 amide bonds. The molecule has 0 fully saturated rings. The molecule has 7 aromatic carbocycles. The van der Waals surface area contributed by atoms with Crippen LogP contribution in [0, 0.1) is 15.9 Å². The van der Waals surface area contributed by atoms with Crippen LogP contribution >= 0.6 is 0 Å². The van der Waals surface area contributed by atoms with Gasteiger partial charge in [0.2, 0.25) is 0 Å². The van der Waals surface area contributed by atoms with E-state index in [1.807, 2.05) is 12.1 Å². The Bertz CT molecular complexity index is 3610. The molecular formula is C58H46N4OPtTe-2. The second-order valence-electron chi connectivity index (χ2n) is 18.7. The van der Waals surface area contributed by atoms with Crippen LogP contribution in [0.15, 0.2) is 168 Å². The molecule has 11 rings (SSSR count). The van der Waals surface area contributed by atoms with Gasteiger partial charge in [-0.05, 0) is 0 Å². The van der Waals surface area contributed by atoms with E-state index in [2.05, 4.69) is 242 Å². The van der Waals surface area contributed by atoms with E-state index in [0.717, 1.165) is 53.8 Å². The van der Waals surface area contributed by atoms with Gasteiger partial charge in [0.15, 0.2) is 0 Å². The fourth-order valence-electron chi connectivity index (χ4n) is 9.13. The number of aromatic nitrogens is 4. The maximum absolute atomic E-state index is 6.76. The third-order valence-electron chi connectivity index (χ3n) is 12.3. The Balaban J connectivity index is 1.06. The topological polar surface area (TPSA) is 36.9 Å². The number of nitrogens with zero attached hydrogens (tertiary/aromatic N) is 4. The SMILES string of the molecule is CC(C)(C)c1cc(-c2ccccc2)c(-n2[c](=[Pt])n(-c3[c-]c(Oc4[c-]c5c(cc4)c4ccccc4n5-c4cc(C(C)(C)C)c5cc[te]c5n4)ccc3)c3ccccc32)c(-c2ccccc2)c1. The third-order valence-corrected chi connectivity index (χ3v) is 15.6. The van der Waals surface area contributed by atoms with Gasteiger partial charge in [-0.2, -0.15) is 0 Å². The van der Waals surface area contributed by atoms with E-state index in [-0.39, 0.29) is 10.8 Å². The monoisotopic (exact) mass is 1140 g/mol. The zero-order chi connectivity index (χ0) is 44.6. The van der Waals surface area contributed by atoms with E-state index in [1.165, 1.54) is 42.3 Å². The molecule has 0 saturated heterocycles. The van der Waals surface area contributed by atoms with Crippen LogP contribution in [0.25, 0.3) is 81.2 Å². The molecule has 0 spiro atoms. The van der Waals surface area contributed by atoms with Gasteiger partial charge in [0, 0.05) is 0 Å². The van der Waals surface area contributed by atoms with E-state index in [0.29, 0.717) is 11.5 Å². The Morgan fingerprint density at radius 1 is 0.538 bits per heavy atom. The van der Waals surface area contributed by atoms with Crippen molar-refractivity contribution >= 4 is 62.2 Å². The summed E-state index contributed by atoms with van der Waals surface area (Å²) in [5.74, 6) is 2.15. The number of hydrogen-bond acceptors (Lipinski definition) is 2. The number of fused-ring (bicyclic) bond motifs is 5. The maximum atomic E-state index is 6.76. The first-order chi connectivity index (χ1) is 31.4. The van der Waals surface area contributed by atoms with Crippen LogP contribution in [0.2, 0.25) is 0 Å². The van der Waals surface area contributed by atoms with Crippen molar-refractivity contribution < 1.29 is 24.1 Å². The molecule has 11 aromatic rings. The van der Waals surface area contributed by atoms with E-state index in [9.17, 15) is 0 Å². The minimum absolute atomic E-state index is 0.0333. The summed E-state index contributed by atoms with van der Waals surface area (Å²) in [5.41, 5.74) is 13.4. The summed E-state index contributed by atoms with van der Waals surface area (Å²) in [5, 5.41) is 3.57. The Hall–Kier alpha value is -6.02. The van der Waals surface area contributed by atoms with Crippen LogP contribution in [0.1, 0.15) is 52.7 Å². The summed E-state index contributed by atoms with van der Waals surface area (Å²) in [4.78, 5) is 5.33. The molecule has 0 radical (unpaired) electrons. The first kappa shape index (κ1) is 41.7. The first-order valence-corrected chi connectivity index (χ1v) is 25.6. The second-order valence-corrected chi connectivity index (χ2v) is 22.2. The number of para-hydroxylation sites is 3. The van der Waals surface area contributed by atoms with Crippen molar-refractivity contribution in [3.05, 3.63) is 195 Å². The standard InChI is InChI=1S/C58H46N4OTe.Pt/c1-57(2,3)40-32-47(38-18-9-7-10-19-38)55(48(33-40)39-20-11-8-12-21-39)61-37-60(51-26-15-16-27-52(51)61)41-22-17-23-42(34-41)63-43-28-29-45-44-24-13-14-25-50(44)62(53(45)35-43)54-36-49(58(4,5)6)46-30-31-64-56(46)59-54;/h7-33,36H,1-6H3;/q-2;. The number of ether oxygens (including phenoxy) is 1. The molecule has 0 bridgehead atoms. The molecular weight excluding hydrogens is 1090 g/mol. The van der Waals surface area contributed by atoms with Gasteiger partial charge in [-0.25, -0.2) is 0 Å². The van der Waals surface area contributed by atoms with Crippen LogP contribution in [-0.2, 0) is 30.2 Å². The van der Waals surface area contributed by atoms with Crippen molar-refractivity contribution in [3.8, 4) is 50.9 Å². The second kappa shape index (κ2) is 16.1. The fourth-order valence-corrected chi connectivity index (χ4v) is 12.4. The van der Waals surface area contributed by atoms with Crippen LogP contribution in [0.3, 0.4) is 0 Å². The third kappa shape index (κ3) is 7.37. The predicted molar refractivity (Wildman–Crippen MR) is 265 cm³/mol. The van der Waals surface area contributed by atoms with Gasteiger partial charge in [0.05, 0.1) is 0 Å². The molecule has 0 aliphatic carbocycles. The van der Waals surface area contributed by atoms with Crippen molar-refractivity contribution in [2.24, 2.45) is 0 Å². The van der Waals surface area contributed by atoms with E-state index in [1.54, 1.807) is 0 Å². The molecule has 4 aromatic heterocycles. The minimum atomic E-state index is -0.498. The molecule has 0 N–H and O–H groups in total. The van der Waals surface area contributed by atoms with Gasteiger partial charge >= 0.3 is 403 Å². The summed E-state index contributed by atoms with van der Waals surface area (Å²) in [6, 6.07) is 65.9. The molecule has 0 unspecified atom stereocenters. The molecule has 322 valence electrons. The van der Waals surface area contributed by atoms with Gasteiger partial charge in [0.25, 0.3) is 0 Å². The number of imidazole rings is 1. The number of rotatable bonds is 7. The van der Waals surface area contributed by atoms with Crippen molar-refractivity contribution in [1.82, 2.24) is 18.7 Å². The molecule has 5 nitrogen and oxygen atoms in total. The Kier molecular flexibility index (Phi) is 10.3. The van der Waals surface area contributed by atoms with Gasteiger partial charge in [0.1, 0.15) is 0 Å². The molecule has 4 heterocycles. The molecule has 0 saturated carbocycles. The molecule has 0 atom stereocenters. The van der Waals surface area contributed by atoms with E-state index in [4.69, 9.17) is 9.72 Å². The van der Waals surface area contributed by atoms with Crippen molar-refractivity contribution in [3.63, 3.8) is 0 Å². The number of pyridine rings is 1. The van der Waals surface area contributed by atoms with Crippen LogP contribution in [-0.4, -0.2) is 39.1 Å². The van der Waals surface area contributed by atoms with Gasteiger partial charge < -0.3 is 0 Å². The molecule has 0 aliphatic rings. The van der Waals surface area contributed by atoms with Gasteiger partial charge in [-0.15, -0.1) is 0 Å². The number of benzene rings is 7. The van der Waals surface area contributed by atoms with Crippen LogP contribution < -0.4 is 4.74 Å². The normalized spacial score (nSPS) is 12.2. The fraction of sp³-hybridized carbons (Fsp3) is 0.138. The summed E-state index contributed by atoms with van der Waals surface area (Å²) in [6.07, 6.45) is 0. The Morgan fingerprint density at radius 2 is 1.15 bits per heavy atom. The average Bonchev–Trinajstić information content (AvgIpc) is 4.00. The molecule has 0 aliphatic heterocycles. The molecule has 7 heteroatoms. The predicted octanol–water partition coefficient (Wildman–Crippen LogP) is 14.5. The summed E-state index contributed by atoms with van der Waals surface area (Å²) < 4.78 is 18.4. The van der Waals surface area contributed by atoms with Crippen LogP contribution in [0.5, 0.6) is 11.5 Å². The first-order valence-electron chi connectivity index (χ1n) is 22.0. The van der Waals surface area contributed by atoms with Crippen LogP contribution in [0.4, 0.5) is 0 Å². The quantitative estimate of drug-likeness (QED) is 0.118. The van der Waals surface area contributed by atoms with Crippen molar-refractivity contribution in [2.45, 2.75) is 52.4 Å². The van der Waals surface area contributed by atoms with Crippen molar-refractivity contribution in [1.29, 1.82) is 0 Å². The van der Waals surface area contributed by atoms with Crippen molar-refractivity contribution in [2.75, 3.05) is 0 Å². The summed E-state index contributed by atoms with van der Waals surface area (Å²) in [7, 11) is 0. The summed E-state index contributed by atoms with van der Waals surface area (Å²) >= 11 is 2.00. The van der Waals surface area contributed by atoms with Gasteiger partial charge in [-0.3, -0.25) is 0 Å². The Labute approximate surface area is 400 Å². The molecule has 65 heavy (non-hydrogen) atoms. The van der Waals surface area contributed by atoms with E-state index >= 15 is 0 Å². The zero-order valence-electron chi connectivity index (χ0n) is 37.1. The summed E-state index contributed by atoms with van der Waals surface area (Å²) in [6.45, 7) is 13.8. The zero-order valence-corrected chi connectivity index (χ0v) is 41.7.